The summed E-state index contributed by atoms with van der Waals surface area (Å²) in [6.07, 6.45) is 2.48. The van der Waals surface area contributed by atoms with Gasteiger partial charge in [-0.1, -0.05) is 42.5 Å². The predicted molar refractivity (Wildman–Crippen MR) is 100 cm³/mol. The van der Waals surface area contributed by atoms with Gasteiger partial charge < -0.3 is 10.1 Å². The molecule has 0 aliphatic heterocycles. The Kier molecular flexibility index (Phi) is 6.98. The number of amides is 1. The summed E-state index contributed by atoms with van der Waals surface area (Å²) in [6, 6.07) is 17.2. The fourth-order valence-corrected chi connectivity index (χ4v) is 2.22. The normalized spacial score (nSPS) is 9.83. The first kappa shape index (κ1) is 17.7. The summed E-state index contributed by atoms with van der Waals surface area (Å²) >= 11 is 5.03. The highest BCUT2D eigenvalue weighted by atomic mass is 32.1. The van der Waals surface area contributed by atoms with Gasteiger partial charge in [-0.25, -0.2) is 0 Å². The predicted octanol–water partition coefficient (Wildman–Crippen LogP) is 3.10. The van der Waals surface area contributed by atoms with Crippen LogP contribution < -0.4 is 15.4 Å². The molecule has 4 nitrogen and oxygen atoms in total. The van der Waals surface area contributed by atoms with E-state index in [2.05, 4.69) is 29.3 Å². The zero-order valence-corrected chi connectivity index (χ0v) is 14.1. The lowest BCUT2D eigenvalue weighted by Gasteiger charge is -2.10. The minimum Gasteiger partial charge on any atom is -0.493 e. The zero-order valence-electron chi connectivity index (χ0n) is 13.3. The molecule has 0 unspecified atom stereocenters. The molecule has 124 valence electrons. The molecule has 5 heteroatoms. The van der Waals surface area contributed by atoms with Crippen molar-refractivity contribution in [2.24, 2.45) is 0 Å². The van der Waals surface area contributed by atoms with Crippen LogP contribution in [0, 0.1) is 0 Å². The molecule has 0 radical (unpaired) electrons. The van der Waals surface area contributed by atoms with Crippen LogP contribution in [0.15, 0.2) is 67.3 Å². The van der Waals surface area contributed by atoms with E-state index < -0.39 is 0 Å². The molecule has 0 spiro atoms. The maximum atomic E-state index is 12.1. The van der Waals surface area contributed by atoms with Crippen molar-refractivity contribution in [1.82, 2.24) is 10.6 Å². The zero-order chi connectivity index (χ0) is 17.2. The maximum absolute atomic E-state index is 12.1. The lowest BCUT2D eigenvalue weighted by Crippen LogP contribution is -2.39. The first-order valence-corrected chi connectivity index (χ1v) is 8.06. The fraction of sp³-hybridized carbons (Fsp3) is 0.158. The smallest absolute Gasteiger partial charge is 0.257 e. The Morgan fingerprint density at radius 2 is 1.96 bits per heavy atom. The average Bonchev–Trinajstić information content (AvgIpc) is 2.61. The Hall–Kier alpha value is -2.66. The molecule has 0 heterocycles. The highest BCUT2D eigenvalue weighted by Crippen LogP contribution is 2.14. The molecule has 2 rings (SSSR count). The fourth-order valence-electron chi connectivity index (χ4n) is 2.04. The molecule has 2 aromatic carbocycles. The van der Waals surface area contributed by atoms with Gasteiger partial charge in [-0.3, -0.25) is 10.1 Å². The van der Waals surface area contributed by atoms with E-state index in [-0.39, 0.29) is 11.0 Å². The van der Waals surface area contributed by atoms with Gasteiger partial charge in [0.1, 0.15) is 5.75 Å². The van der Waals surface area contributed by atoms with Crippen LogP contribution in [0.1, 0.15) is 15.9 Å². The van der Waals surface area contributed by atoms with Gasteiger partial charge in [0.25, 0.3) is 5.91 Å². The standard InChI is InChI=1S/C19H20N2O2S/c1-2-12-20-19(24)21-18(22)16-9-6-10-17(14-16)23-13-11-15-7-4-3-5-8-15/h2-10,14H,1,11-13H2,(H2,20,21,22,24). The van der Waals surface area contributed by atoms with Crippen molar-refractivity contribution in [2.45, 2.75) is 6.42 Å². The number of rotatable bonds is 7. The molecule has 0 aromatic heterocycles. The van der Waals surface area contributed by atoms with E-state index in [9.17, 15) is 4.79 Å². The van der Waals surface area contributed by atoms with Crippen LogP contribution in [-0.2, 0) is 6.42 Å². The summed E-state index contributed by atoms with van der Waals surface area (Å²) in [4.78, 5) is 12.1. The molecule has 24 heavy (non-hydrogen) atoms. The van der Waals surface area contributed by atoms with E-state index in [0.29, 0.717) is 24.5 Å². The maximum Gasteiger partial charge on any atom is 0.257 e. The summed E-state index contributed by atoms with van der Waals surface area (Å²) < 4.78 is 5.73. The van der Waals surface area contributed by atoms with Crippen LogP contribution in [0.5, 0.6) is 5.75 Å². The van der Waals surface area contributed by atoms with Crippen LogP contribution >= 0.6 is 12.2 Å². The van der Waals surface area contributed by atoms with Gasteiger partial charge in [-0.05, 0) is 36.0 Å². The van der Waals surface area contributed by atoms with Crippen LogP contribution in [0.4, 0.5) is 0 Å². The molecule has 0 bridgehead atoms. The van der Waals surface area contributed by atoms with Gasteiger partial charge in [0.2, 0.25) is 0 Å². The van der Waals surface area contributed by atoms with Crippen molar-refractivity contribution in [2.75, 3.05) is 13.2 Å². The molecule has 2 aromatic rings. The number of ether oxygens (including phenoxy) is 1. The summed E-state index contributed by atoms with van der Waals surface area (Å²) in [5.41, 5.74) is 1.71. The molecule has 0 saturated carbocycles. The number of nitrogens with one attached hydrogen (secondary N) is 2. The Balaban J connectivity index is 1.87. The Morgan fingerprint density at radius 1 is 1.17 bits per heavy atom. The quantitative estimate of drug-likeness (QED) is 0.601. The third kappa shape index (κ3) is 5.85. The largest absolute Gasteiger partial charge is 0.493 e. The van der Waals surface area contributed by atoms with E-state index >= 15 is 0 Å². The lowest BCUT2D eigenvalue weighted by atomic mass is 10.2. The van der Waals surface area contributed by atoms with Crippen LogP contribution in [0.3, 0.4) is 0 Å². The first-order chi connectivity index (χ1) is 11.7. The van der Waals surface area contributed by atoms with Gasteiger partial charge in [-0.15, -0.1) is 6.58 Å². The second kappa shape index (κ2) is 9.47. The van der Waals surface area contributed by atoms with Gasteiger partial charge in [0.15, 0.2) is 5.11 Å². The van der Waals surface area contributed by atoms with Crippen molar-refractivity contribution in [3.8, 4) is 5.75 Å². The van der Waals surface area contributed by atoms with E-state index in [1.165, 1.54) is 5.56 Å². The van der Waals surface area contributed by atoms with E-state index in [1.807, 2.05) is 24.3 Å². The van der Waals surface area contributed by atoms with Gasteiger partial charge in [0.05, 0.1) is 6.61 Å². The topological polar surface area (TPSA) is 50.4 Å². The third-order valence-electron chi connectivity index (χ3n) is 3.23. The second-order valence-electron chi connectivity index (χ2n) is 5.06. The van der Waals surface area contributed by atoms with Crippen LogP contribution in [-0.4, -0.2) is 24.2 Å². The molecular formula is C19H20N2O2S. The number of hydrogen-bond acceptors (Lipinski definition) is 3. The summed E-state index contributed by atoms with van der Waals surface area (Å²) in [5.74, 6) is 0.383. The molecule has 0 fully saturated rings. The van der Waals surface area contributed by atoms with Crippen molar-refractivity contribution in [3.05, 3.63) is 78.4 Å². The number of carbonyl (C=O) groups excluding carboxylic acids is 1. The minimum atomic E-state index is -0.273. The molecule has 2 N–H and O–H groups in total. The molecule has 0 aliphatic rings. The van der Waals surface area contributed by atoms with Crippen LogP contribution in [0.25, 0.3) is 0 Å². The van der Waals surface area contributed by atoms with Gasteiger partial charge >= 0.3 is 0 Å². The van der Waals surface area contributed by atoms with Gasteiger partial charge in [-0.2, -0.15) is 0 Å². The molecular weight excluding hydrogens is 320 g/mol. The summed E-state index contributed by atoms with van der Waals surface area (Å²) in [5, 5.41) is 5.74. The monoisotopic (exact) mass is 340 g/mol. The second-order valence-corrected chi connectivity index (χ2v) is 5.47. The number of carbonyl (C=O) groups is 1. The lowest BCUT2D eigenvalue weighted by molar-refractivity contribution is 0.0976. The minimum absolute atomic E-state index is 0.273. The van der Waals surface area contributed by atoms with Gasteiger partial charge in [0, 0.05) is 18.5 Å². The van der Waals surface area contributed by atoms with Crippen molar-refractivity contribution in [1.29, 1.82) is 0 Å². The molecule has 1 amide bonds. The van der Waals surface area contributed by atoms with Crippen molar-refractivity contribution < 1.29 is 9.53 Å². The van der Waals surface area contributed by atoms with E-state index in [1.54, 1.807) is 24.3 Å². The third-order valence-corrected chi connectivity index (χ3v) is 3.48. The van der Waals surface area contributed by atoms with Crippen molar-refractivity contribution in [3.63, 3.8) is 0 Å². The van der Waals surface area contributed by atoms with E-state index in [4.69, 9.17) is 17.0 Å². The Morgan fingerprint density at radius 3 is 2.71 bits per heavy atom. The highest BCUT2D eigenvalue weighted by molar-refractivity contribution is 7.80. The molecule has 0 atom stereocenters. The Labute approximate surface area is 147 Å². The Bertz CT molecular complexity index is 702. The molecule has 0 aliphatic carbocycles. The van der Waals surface area contributed by atoms with Crippen molar-refractivity contribution >= 4 is 23.2 Å². The summed E-state index contributed by atoms with van der Waals surface area (Å²) in [7, 11) is 0. The number of benzene rings is 2. The number of thiocarbonyl (C=S) groups is 1. The SMILES string of the molecule is C=CCNC(=S)NC(=O)c1cccc(OCCc2ccccc2)c1. The number of hydrogen-bond donors (Lipinski definition) is 2. The first-order valence-electron chi connectivity index (χ1n) is 7.66. The summed E-state index contributed by atoms with van der Waals surface area (Å²) in [6.45, 7) is 4.63. The molecule has 0 saturated heterocycles. The van der Waals surface area contributed by atoms with Crippen LogP contribution in [0.2, 0.25) is 0 Å². The van der Waals surface area contributed by atoms with E-state index in [0.717, 1.165) is 6.42 Å². The highest BCUT2D eigenvalue weighted by Gasteiger charge is 2.08. The average molecular weight is 340 g/mol.